The van der Waals surface area contributed by atoms with Gasteiger partial charge in [0.1, 0.15) is 0 Å². The average Bonchev–Trinajstić information content (AvgIpc) is 2.25. The Hall–Kier alpha value is -0.750. The fourth-order valence-electron chi connectivity index (χ4n) is 0.950. The Morgan fingerprint density at radius 3 is 2.50 bits per heavy atom. The van der Waals surface area contributed by atoms with E-state index < -0.39 is 0 Å². The van der Waals surface area contributed by atoms with Crippen molar-refractivity contribution in [3.05, 3.63) is 28.2 Å². The van der Waals surface area contributed by atoms with Gasteiger partial charge in [-0.1, -0.05) is 29.3 Å². The number of hydrogen-bond donors (Lipinski definition) is 4. The van der Waals surface area contributed by atoms with E-state index in [1.807, 2.05) is 0 Å². The van der Waals surface area contributed by atoms with E-state index in [0.29, 0.717) is 27.4 Å². The van der Waals surface area contributed by atoms with Gasteiger partial charge in [-0.25, -0.2) is 0 Å². The molecule has 4 nitrogen and oxygen atoms in total. The van der Waals surface area contributed by atoms with Crippen molar-refractivity contribution in [3.8, 4) is 0 Å². The van der Waals surface area contributed by atoms with Crippen LogP contribution in [0.15, 0.2) is 18.2 Å². The molecule has 16 heavy (non-hydrogen) atoms. The Bertz CT molecular complexity index is 356. The molecule has 0 aliphatic rings. The molecule has 0 unspecified atom stereocenters. The number of nitrogens with one attached hydrogen (secondary N) is 3. The van der Waals surface area contributed by atoms with Crippen molar-refractivity contribution in [2.75, 3.05) is 18.6 Å². The Labute approximate surface area is 109 Å². The van der Waals surface area contributed by atoms with Gasteiger partial charge in [0.2, 0.25) is 0 Å². The average molecular weight is 280 g/mol. The van der Waals surface area contributed by atoms with Crippen LogP contribution < -0.4 is 16.2 Å². The van der Waals surface area contributed by atoms with Gasteiger partial charge < -0.3 is 10.4 Å². The van der Waals surface area contributed by atoms with Gasteiger partial charge in [-0.3, -0.25) is 10.9 Å². The molecule has 0 aromatic heterocycles. The quantitative estimate of drug-likeness (QED) is 0.500. The first-order valence-electron chi connectivity index (χ1n) is 4.50. The summed E-state index contributed by atoms with van der Waals surface area (Å²) in [5.74, 6) is 0. The second-order valence-corrected chi connectivity index (χ2v) is 4.05. The van der Waals surface area contributed by atoms with Gasteiger partial charge in [0.05, 0.1) is 22.3 Å². The molecule has 0 radical (unpaired) electrons. The normalized spacial score (nSPS) is 9.69. The lowest BCUT2D eigenvalue weighted by Crippen LogP contribution is -2.40. The number of aliphatic hydroxyl groups excluding tert-OH is 1. The molecular weight excluding hydrogens is 269 g/mol. The second kappa shape index (κ2) is 6.75. The molecule has 88 valence electrons. The van der Waals surface area contributed by atoms with Crippen molar-refractivity contribution >= 4 is 46.2 Å². The number of hydrogen-bond acceptors (Lipinski definition) is 3. The van der Waals surface area contributed by atoms with Crippen LogP contribution in [0, 0.1) is 0 Å². The Balaban J connectivity index is 2.51. The summed E-state index contributed by atoms with van der Waals surface area (Å²) in [5.41, 5.74) is 6.05. The maximum absolute atomic E-state index is 8.58. The van der Waals surface area contributed by atoms with Crippen molar-refractivity contribution < 1.29 is 5.11 Å². The van der Waals surface area contributed by atoms with E-state index >= 15 is 0 Å². The summed E-state index contributed by atoms with van der Waals surface area (Å²) in [6, 6.07) is 5.17. The minimum Gasteiger partial charge on any atom is -0.395 e. The van der Waals surface area contributed by atoms with Gasteiger partial charge in [0.15, 0.2) is 5.11 Å². The van der Waals surface area contributed by atoms with E-state index in [1.54, 1.807) is 18.2 Å². The van der Waals surface area contributed by atoms with Crippen LogP contribution in [0.3, 0.4) is 0 Å². The number of thiocarbonyl (C=S) groups is 1. The molecule has 0 spiro atoms. The minimum atomic E-state index is 0.00860. The summed E-state index contributed by atoms with van der Waals surface area (Å²) in [7, 11) is 0. The smallest absolute Gasteiger partial charge is 0.185 e. The van der Waals surface area contributed by atoms with Gasteiger partial charge in [0, 0.05) is 6.54 Å². The molecule has 0 saturated heterocycles. The van der Waals surface area contributed by atoms with E-state index in [9.17, 15) is 0 Å². The number of para-hydroxylation sites is 1. The standard InChI is InChI=1S/C9H11Cl2N3OS/c10-6-2-1-3-7(11)8(6)13-14-9(16)12-4-5-15/h1-3,13,15H,4-5H2,(H2,12,14,16). The lowest BCUT2D eigenvalue weighted by molar-refractivity contribution is 0.300. The number of halogens is 2. The highest BCUT2D eigenvalue weighted by molar-refractivity contribution is 7.80. The molecule has 0 saturated carbocycles. The monoisotopic (exact) mass is 279 g/mol. The van der Waals surface area contributed by atoms with Crippen LogP contribution in [0.4, 0.5) is 5.69 Å². The molecule has 0 heterocycles. The third-order valence-corrected chi connectivity index (χ3v) is 2.54. The maximum Gasteiger partial charge on any atom is 0.185 e. The third kappa shape index (κ3) is 4.02. The number of anilines is 1. The van der Waals surface area contributed by atoms with Crippen LogP contribution in [0.25, 0.3) is 0 Å². The van der Waals surface area contributed by atoms with Crippen LogP contribution in [0.5, 0.6) is 0 Å². The first kappa shape index (κ1) is 13.3. The predicted molar refractivity (Wildman–Crippen MR) is 70.9 cm³/mol. The molecule has 1 rings (SSSR count). The van der Waals surface area contributed by atoms with Crippen molar-refractivity contribution in [2.45, 2.75) is 0 Å². The van der Waals surface area contributed by atoms with Crippen LogP contribution in [0.2, 0.25) is 10.0 Å². The van der Waals surface area contributed by atoms with Crippen LogP contribution in [-0.2, 0) is 0 Å². The zero-order valence-electron chi connectivity index (χ0n) is 8.26. The lowest BCUT2D eigenvalue weighted by atomic mass is 10.3. The molecule has 4 N–H and O–H groups in total. The Morgan fingerprint density at radius 2 is 1.94 bits per heavy atom. The molecule has 1 aromatic rings. The molecule has 0 fully saturated rings. The van der Waals surface area contributed by atoms with Crippen LogP contribution in [-0.4, -0.2) is 23.4 Å². The Morgan fingerprint density at radius 1 is 1.31 bits per heavy atom. The third-order valence-electron chi connectivity index (χ3n) is 1.66. The fourth-order valence-corrected chi connectivity index (χ4v) is 1.60. The molecule has 0 amide bonds. The molecule has 0 bridgehead atoms. The van der Waals surface area contributed by atoms with E-state index in [2.05, 4.69) is 16.2 Å². The first-order chi connectivity index (χ1) is 7.65. The van der Waals surface area contributed by atoms with Crippen molar-refractivity contribution in [1.29, 1.82) is 0 Å². The van der Waals surface area contributed by atoms with Crippen LogP contribution in [0.1, 0.15) is 0 Å². The highest BCUT2D eigenvalue weighted by atomic mass is 35.5. The highest BCUT2D eigenvalue weighted by Gasteiger charge is 2.04. The summed E-state index contributed by atoms with van der Waals surface area (Å²) < 4.78 is 0. The summed E-state index contributed by atoms with van der Waals surface area (Å²) in [4.78, 5) is 0. The molecule has 0 atom stereocenters. The van der Waals surface area contributed by atoms with Crippen molar-refractivity contribution in [3.63, 3.8) is 0 Å². The second-order valence-electron chi connectivity index (χ2n) is 2.83. The lowest BCUT2D eigenvalue weighted by Gasteiger charge is -2.13. The van der Waals surface area contributed by atoms with E-state index in [1.165, 1.54) is 0 Å². The number of benzene rings is 1. The molecular formula is C9H11Cl2N3OS. The van der Waals surface area contributed by atoms with Crippen molar-refractivity contribution in [2.24, 2.45) is 0 Å². The number of hydrazine groups is 1. The zero-order valence-corrected chi connectivity index (χ0v) is 10.6. The van der Waals surface area contributed by atoms with E-state index in [4.69, 9.17) is 40.5 Å². The van der Waals surface area contributed by atoms with E-state index in [0.717, 1.165) is 0 Å². The zero-order chi connectivity index (χ0) is 12.0. The Kier molecular flexibility index (Phi) is 5.62. The first-order valence-corrected chi connectivity index (χ1v) is 5.66. The van der Waals surface area contributed by atoms with Crippen molar-refractivity contribution in [1.82, 2.24) is 10.7 Å². The largest absolute Gasteiger partial charge is 0.395 e. The molecule has 7 heteroatoms. The van der Waals surface area contributed by atoms with Gasteiger partial charge in [-0.2, -0.15) is 0 Å². The predicted octanol–water partition coefficient (Wildman–Crippen LogP) is 1.78. The van der Waals surface area contributed by atoms with Gasteiger partial charge in [-0.15, -0.1) is 0 Å². The summed E-state index contributed by atoms with van der Waals surface area (Å²) in [5, 5.41) is 12.7. The highest BCUT2D eigenvalue weighted by Crippen LogP contribution is 2.28. The number of rotatable bonds is 4. The van der Waals surface area contributed by atoms with Gasteiger partial charge in [-0.05, 0) is 24.4 Å². The minimum absolute atomic E-state index is 0.00860. The molecule has 1 aromatic carbocycles. The summed E-state index contributed by atoms with van der Waals surface area (Å²) >= 11 is 16.8. The molecule has 0 aliphatic carbocycles. The summed E-state index contributed by atoms with van der Waals surface area (Å²) in [6.07, 6.45) is 0. The van der Waals surface area contributed by atoms with Gasteiger partial charge in [0.25, 0.3) is 0 Å². The topological polar surface area (TPSA) is 56.3 Å². The van der Waals surface area contributed by atoms with E-state index in [-0.39, 0.29) is 6.61 Å². The SMILES string of the molecule is OCCNC(=S)NNc1c(Cl)cccc1Cl. The fraction of sp³-hybridized carbons (Fsp3) is 0.222. The summed E-state index contributed by atoms with van der Waals surface area (Å²) in [6.45, 7) is 0.387. The number of aliphatic hydroxyl groups is 1. The van der Waals surface area contributed by atoms with Crippen LogP contribution >= 0.6 is 35.4 Å². The maximum atomic E-state index is 8.58. The molecule has 0 aliphatic heterocycles. The van der Waals surface area contributed by atoms with Gasteiger partial charge >= 0.3 is 0 Å².